The number of allylic oxidation sites excluding steroid dienone is 1. The molecule has 1 aromatic heterocycles. The SMILES string of the molecule is CCOC(=O)C1=C(C)N=c2s/c(=C/c3cc(I)c(OCc4ccccc4Cl)c(OC)c3)c(=O)n2[C@@H]1c1ccc(OC)c(OC)c1. The zero-order valence-electron chi connectivity index (χ0n) is 25.2. The Morgan fingerprint density at radius 1 is 1.04 bits per heavy atom. The van der Waals surface area contributed by atoms with Crippen LogP contribution in [-0.4, -0.2) is 38.5 Å². The van der Waals surface area contributed by atoms with Gasteiger partial charge in [-0.2, -0.15) is 0 Å². The predicted octanol–water partition coefficient (Wildman–Crippen LogP) is 5.66. The molecule has 0 spiro atoms. The summed E-state index contributed by atoms with van der Waals surface area (Å²) in [5.74, 6) is 1.53. The molecule has 5 rings (SSSR count). The minimum atomic E-state index is -0.794. The molecule has 1 atom stereocenters. The van der Waals surface area contributed by atoms with E-state index in [1.807, 2.05) is 36.4 Å². The minimum absolute atomic E-state index is 0.178. The average molecular weight is 761 g/mol. The fourth-order valence-corrected chi connectivity index (χ4v) is 7.03. The van der Waals surface area contributed by atoms with Crippen molar-refractivity contribution in [3.63, 3.8) is 0 Å². The second-order valence-corrected chi connectivity index (χ2v) is 12.4. The Balaban J connectivity index is 1.60. The van der Waals surface area contributed by atoms with Crippen LogP contribution in [0.2, 0.25) is 5.02 Å². The van der Waals surface area contributed by atoms with Gasteiger partial charge in [-0.05, 0) is 84.0 Å². The number of thiazole rings is 1. The standard InChI is InChI=1S/C33H30ClIN2O7S/c1-6-43-32(39)28-18(2)36-33-37(29(28)20-11-12-24(40-3)25(16-20)41-4)31(38)27(45-33)15-19-13-23(35)30(26(14-19)42-5)44-17-21-9-7-8-10-22(21)34/h7-16,29H,6,17H2,1-5H3/b27-15+/t29-/m1/s1. The third kappa shape index (κ3) is 6.61. The van der Waals surface area contributed by atoms with Gasteiger partial charge in [-0.3, -0.25) is 9.36 Å². The number of hydrogen-bond donors (Lipinski definition) is 0. The fraction of sp³-hybridized carbons (Fsp3) is 0.242. The van der Waals surface area contributed by atoms with Crippen molar-refractivity contribution in [1.29, 1.82) is 0 Å². The first-order valence-corrected chi connectivity index (χ1v) is 16.1. The quantitative estimate of drug-likeness (QED) is 0.152. The maximum atomic E-state index is 14.1. The number of ether oxygens (including phenoxy) is 5. The van der Waals surface area contributed by atoms with Gasteiger partial charge in [0.1, 0.15) is 6.61 Å². The molecule has 234 valence electrons. The highest BCUT2D eigenvalue weighted by Crippen LogP contribution is 2.37. The van der Waals surface area contributed by atoms with Gasteiger partial charge in [0.05, 0.1) is 53.4 Å². The summed E-state index contributed by atoms with van der Waals surface area (Å²) < 4.78 is 30.9. The number of carbonyl (C=O) groups is 1. The van der Waals surface area contributed by atoms with E-state index in [-0.39, 0.29) is 24.3 Å². The average Bonchev–Trinajstić information content (AvgIpc) is 3.33. The first-order chi connectivity index (χ1) is 21.7. The Hall–Kier alpha value is -3.81. The topological polar surface area (TPSA) is 97.6 Å². The number of hydrogen-bond acceptors (Lipinski definition) is 9. The van der Waals surface area contributed by atoms with Crippen LogP contribution >= 0.6 is 45.5 Å². The highest BCUT2D eigenvalue weighted by atomic mass is 127. The summed E-state index contributed by atoms with van der Waals surface area (Å²) in [6.45, 7) is 3.92. The molecule has 0 aliphatic carbocycles. The summed E-state index contributed by atoms with van der Waals surface area (Å²) in [5, 5.41) is 0.617. The van der Waals surface area contributed by atoms with E-state index in [0.29, 0.717) is 48.6 Å². The van der Waals surface area contributed by atoms with Crippen LogP contribution in [0.1, 0.15) is 36.6 Å². The van der Waals surface area contributed by atoms with Crippen LogP contribution in [0.15, 0.2) is 75.7 Å². The predicted molar refractivity (Wildman–Crippen MR) is 181 cm³/mol. The van der Waals surface area contributed by atoms with Gasteiger partial charge in [-0.1, -0.05) is 47.2 Å². The molecular formula is C33H30ClIN2O7S. The van der Waals surface area contributed by atoms with Crippen LogP contribution in [0, 0.1) is 3.57 Å². The van der Waals surface area contributed by atoms with Crippen LogP contribution in [0.5, 0.6) is 23.0 Å². The molecule has 0 N–H and O–H groups in total. The van der Waals surface area contributed by atoms with Crippen LogP contribution in [0.3, 0.4) is 0 Å². The van der Waals surface area contributed by atoms with Crippen LogP contribution in [0.4, 0.5) is 0 Å². The van der Waals surface area contributed by atoms with Crippen molar-refractivity contribution in [3.05, 3.63) is 111 Å². The third-order valence-electron chi connectivity index (χ3n) is 7.12. The molecule has 1 aliphatic rings. The number of methoxy groups -OCH3 is 3. The van der Waals surface area contributed by atoms with Crippen LogP contribution in [0.25, 0.3) is 6.08 Å². The number of nitrogens with zero attached hydrogens (tertiary/aromatic N) is 2. The van der Waals surface area contributed by atoms with E-state index in [1.165, 1.54) is 23.0 Å². The molecule has 1 aliphatic heterocycles. The second kappa shape index (κ2) is 14.1. The first kappa shape index (κ1) is 32.6. The number of fused-ring (bicyclic) bond motifs is 1. The Labute approximate surface area is 282 Å². The molecule has 0 radical (unpaired) electrons. The van der Waals surface area contributed by atoms with E-state index in [0.717, 1.165) is 14.7 Å². The van der Waals surface area contributed by atoms with Crippen molar-refractivity contribution < 1.29 is 28.5 Å². The van der Waals surface area contributed by atoms with E-state index >= 15 is 0 Å². The molecule has 0 amide bonds. The summed E-state index contributed by atoms with van der Waals surface area (Å²) in [4.78, 5) is 32.4. The molecule has 12 heteroatoms. The molecule has 4 aromatic rings. The van der Waals surface area contributed by atoms with Gasteiger partial charge >= 0.3 is 5.97 Å². The molecule has 45 heavy (non-hydrogen) atoms. The molecule has 9 nitrogen and oxygen atoms in total. The zero-order valence-corrected chi connectivity index (χ0v) is 28.9. The van der Waals surface area contributed by atoms with Crippen molar-refractivity contribution in [2.24, 2.45) is 4.99 Å². The molecule has 0 unspecified atom stereocenters. The highest BCUT2D eigenvalue weighted by molar-refractivity contribution is 14.1. The van der Waals surface area contributed by atoms with E-state index in [1.54, 1.807) is 52.3 Å². The van der Waals surface area contributed by atoms with E-state index in [9.17, 15) is 9.59 Å². The summed E-state index contributed by atoms with van der Waals surface area (Å²) in [6.07, 6.45) is 1.78. The summed E-state index contributed by atoms with van der Waals surface area (Å²) in [7, 11) is 4.64. The molecular weight excluding hydrogens is 731 g/mol. The maximum absolute atomic E-state index is 14.1. The number of rotatable bonds is 10. The number of halogens is 2. The molecule has 0 saturated heterocycles. The van der Waals surface area contributed by atoms with Crippen LogP contribution in [-0.2, 0) is 16.1 Å². The van der Waals surface area contributed by atoms with E-state index < -0.39 is 12.0 Å². The van der Waals surface area contributed by atoms with E-state index in [2.05, 4.69) is 27.6 Å². The molecule has 0 fully saturated rings. The lowest BCUT2D eigenvalue weighted by Gasteiger charge is -2.25. The molecule has 3 aromatic carbocycles. The van der Waals surface area contributed by atoms with Crippen molar-refractivity contribution in [1.82, 2.24) is 4.57 Å². The monoisotopic (exact) mass is 760 g/mol. The highest BCUT2D eigenvalue weighted by Gasteiger charge is 2.34. The number of carbonyl (C=O) groups excluding carboxylic acids is 1. The summed E-state index contributed by atoms with van der Waals surface area (Å²) >= 11 is 9.72. The van der Waals surface area contributed by atoms with Gasteiger partial charge in [-0.25, -0.2) is 9.79 Å². The van der Waals surface area contributed by atoms with Gasteiger partial charge in [0, 0.05) is 10.6 Å². The van der Waals surface area contributed by atoms with Crippen molar-refractivity contribution in [3.8, 4) is 23.0 Å². The van der Waals surface area contributed by atoms with Crippen molar-refractivity contribution >= 4 is 57.6 Å². The van der Waals surface area contributed by atoms with E-state index in [4.69, 9.17) is 35.3 Å². The maximum Gasteiger partial charge on any atom is 0.338 e. The lowest BCUT2D eigenvalue weighted by Crippen LogP contribution is -2.40. The number of aromatic nitrogens is 1. The lowest BCUT2D eigenvalue weighted by atomic mass is 9.95. The largest absolute Gasteiger partial charge is 0.493 e. The van der Waals surface area contributed by atoms with Gasteiger partial charge < -0.3 is 23.7 Å². The Morgan fingerprint density at radius 2 is 1.78 bits per heavy atom. The van der Waals surface area contributed by atoms with Crippen LogP contribution < -0.4 is 33.8 Å². The lowest BCUT2D eigenvalue weighted by molar-refractivity contribution is -0.139. The molecule has 2 heterocycles. The zero-order chi connectivity index (χ0) is 32.2. The normalized spacial score (nSPS) is 14.5. The third-order valence-corrected chi connectivity index (χ3v) is 9.27. The number of benzene rings is 3. The minimum Gasteiger partial charge on any atom is -0.493 e. The molecule has 0 saturated carbocycles. The Kier molecular flexibility index (Phi) is 10.2. The van der Waals surface area contributed by atoms with Gasteiger partial charge in [-0.15, -0.1) is 0 Å². The summed E-state index contributed by atoms with van der Waals surface area (Å²) in [6, 6.07) is 15.7. The van der Waals surface area contributed by atoms with Gasteiger partial charge in [0.15, 0.2) is 27.8 Å². The Morgan fingerprint density at radius 3 is 2.47 bits per heavy atom. The van der Waals surface area contributed by atoms with Gasteiger partial charge in [0.2, 0.25) is 0 Å². The summed E-state index contributed by atoms with van der Waals surface area (Å²) in [5.41, 5.74) is 2.67. The fourth-order valence-electron chi connectivity index (χ4n) is 5.01. The van der Waals surface area contributed by atoms with Crippen molar-refractivity contribution in [2.45, 2.75) is 26.5 Å². The van der Waals surface area contributed by atoms with Crippen molar-refractivity contribution in [2.75, 3.05) is 27.9 Å². The first-order valence-electron chi connectivity index (χ1n) is 13.9. The molecule has 0 bridgehead atoms. The number of esters is 1. The van der Waals surface area contributed by atoms with Gasteiger partial charge in [0.25, 0.3) is 5.56 Å². The Bertz CT molecular complexity index is 1990. The second-order valence-electron chi connectivity index (χ2n) is 9.83. The smallest absolute Gasteiger partial charge is 0.338 e.